The van der Waals surface area contributed by atoms with E-state index >= 15 is 0 Å². The van der Waals surface area contributed by atoms with Crippen LogP contribution >= 0.6 is 0 Å². The van der Waals surface area contributed by atoms with E-state index < -0.39 is 0 Å². The molecular weight excluding hydrogens is 284 g/mol. The van der Waals surface area contributed by atoms with Crippen molar-refractivity contribution in [1.82, 2.24) is 20.4 Å². The Morgan fingerprint density at radius 3 is 3.05 bits per heavy atom. The molecule has 0 fully saturated rings. The van der Waals surface area contributed by atoms with Gasteiger partial charge in [0.15, 0.2) is 11.5 Å². The highest BCUT2D eigenvalue weighted by atomic mass is 16.7. The molecule has 1 aromatic carbocycles. The fraction of sp³-hybridized carbons (Fsp3) is 0.333. The Hall–Kier alpha value is -2.54. The summed E-state index contributed by atoms with van der Waals surface area (Å²) < 4.78 is 12.4. The Morgan fingerprint density at radius 2 is 2.23 bits per heavy atom. The van der Waals surface area contributed by atoms with E-state index in [4.69, 9.17) is 9.47 Å². The topological polar surface area (TPSA) is 77.4 Å². The van der Waals surface area contributed by atoms with E-state index in [1.54, 1.807) is 6.33 Å². The molecule has 22 heavy (non-hydrogen) atoms. The number of fused-ring (bicyclic) bond motifs is 1. The van der Waals surface area contributed by atoms with Crippen molar-refractivity contribution in [2.45, 2.75) is 19.4 Å². The molecule has 116 valence electrons. The molecule has 0 radical (unpaired) electrons. The van der Waals surface area contributed by atoms with E-state index in [0.29, 0.717) is 19.4 Å². The monoisotopic (exact) mass is 302 g/mol. The lowest BCUT2D eigenvalue weighted by Crippen LogP contribution is -2.36. The van der Waals surface area contributed by atoms with Gasteiger partial charge >= 0.3 is 0 Å². The molecule has 2 aromatic rings. The van der Waals surface area contributed by atoms with Gasteiger partial charge in [-0.05, 0) is 24.1 Å². The van der Waals surface area contributed by atoms with Gasteiger partial charge in [-0.3, -0.25) is 10.2 Å². The van der Waals surface area contributed by atoms with Gasteiger partial charge in [0.2, 0.25) is 12.7 Å². The maximum atomic E-state index is 11.7. The van der Waals surface area contributed by atoms with Crippen LogP contribution in [0.15, 0.2) is 30.7 Å². The summed E-state index contributed by atoms with van der Waals surface area (Å²) in [5.41, 5.74) is 7.51. The van der Waals surface area contributed by atoms with E-state index in [1.807, 2.05) is 36.0 Å². The summed E-state index contributed by atoms with van der Waals surface area (Å²) in [6.45, 7) is 0.780. The molecule has 2 heterocycles. The third kappa shape index (κ3) is 3.56. The zero-order chi connectivity index (χ0) is 15.4. The number of rotatable bonds is 6. The number of hydrazine groups is 1. The number of amides is 1. The molecule has 1 aliphatic rings. The third-order valence-electron chi connectivity index (χ3n) is 3.32. The van der Waals surface area contributed by atoms with Gasteiger partial charge in [-0.1, -0.05) is 6.07 Å². The summed E-state index contributed by atoms with van der Waals surface area (Å²) in [5.74, 6) is 1.43. The predicted octanol–water partition coefficient (Wildman–Crippen LogP) is 0.902. The Bertz CT molecular complexity index is 669. The van der Waals surface area contributed by atoms with Gasteiger partial charge in [0.25, 0.3) is 0 Å². The van der Waals surface area contributed by atoms with Crippen molar-refractivity contribution in [1.29, 1.82) is 0 Å². The number of aryl methyl sites for hydroxylation is 2. The highest BCUT2D eigenvalue weighted by Gasteiger charge is 2.13. The molecule has 0 spiro atoms. The summed E-state index contributed by atoms with van der Waals surface area (Å²) in [4.78, 5) is 15.9. The number of carbonyl (C=O) groups excluding carboxylic acids is 1. The molecule has 7 nitrogen and oxygen atoms in total. The molecule has 3 rings (SSSR count). The lowest BCUT2D eigenvalue weighted by Gasteiger charge is -2.07. The minimum Gasteiger partial charge on any atom is -0.454 e. The second-order valence-electron chi connectivity index (χ2n) is 5.12. The lowest BCUT2D eigenvalue weighted by atomic mass is 10.2. The van der Waals surface area contributed by atoms with E-state index in [0.717, 1.165) is 22.8 Å². The average Bonchev–Trinajstić information content (AvgIpc) is 3.13. The number of nitrogens with one attached hydrogen (secondary N) is 2. The number of nitrogens with zero attached hydrogens (tertiary/aromatic N) is 2. The number of carbonyl (C=O) groups is 1. The summed E-state index contributed by atoms with van der Waals surface area (Å²) in [7, 11) is 1.91. The number of hydrogen-bond acceptors (Lipinski definition) is 5. The Labute approximate surface area is 128 Å². The summed E-state index contributed by atoms with van der Waals surface area (Å²) >= 11 is 0. The molecule has 0 unspecified atom stereocenters. The van der Waals surface area contributed by atoms with Crippen molar-refractivity contribution in [3.8, 4) is 11.5 Å². The first kappa shape index (κ1) is 14.4. The van der Waals surface area contributed by atoms with Crippen LogP contribution in [-0.4, -0.2) is 22.3 Å². The fourth-order valence-corrected chi connectivity index (χ4v) is 2.20. The van der Waals surface area contributed by atoms with Crippen LogP contribution in [-0.2, 0) is 24.8 Å². The molecule has 7 heteroatoms. The van der Waals surface area contributed by atoms with Crippen molar-refractivity contribution in [2.24, 2.45) is 7.05 Å². The summed E-state index contributed by atoms with van der Waals surface area (Å²) in [5, 5.41) is 0. The molecule has 2 N–H and O–H groups in total. The number of aromatic nitrogens is 2. The number of hydrogen-bond donors (Lipinski definition) is 2. The smallest absolute Gasteiger partial charge is 0.234 e. The van der Waals surface area contributed by atoms with Gasteiger partial charge in [-0.15, -0.1) is 0 Å². The zero-order valence-electron chi connectivity index (χ0n) is 12.3. The van der Waals surface area contributed by atoms with Crippen LogP contribution in [0.1, 0.15) is 17.7 Å². The largest absolute Gasteiger partial charge is 0.454 e. The second-order valence-corrected chi connectivity index (χ2v) is 5.12. The maximum Gasteiger partial charge on any atom is 0.234 e. The van der Waals surface area contributed by atoms with E-state index in [1.165, 1.54) is 0 Å². The standard InChI is InChI=1S/C15H18N4O3/c1-19-8-12(16-9-19)3-5-15(20)18-17-7-11-2-4-13-14(6-11)22-10-21-13/h2,4,6,8-9,17H,3,5,7,10H2,1H3,(H,18,20). The van der Waals surface area contributed by atoms with Gasteiger partial charge in [-0.25, -0.2) is 10.4 Å². The Balaban J connectivity index is 1.40. The average molecular weight is 302 g/mol. The molecule has 0 saturated carbocycles. The number of benzene rings is 1. The zero-order valence-corrected chi connectivity index (χ0v) is 12.3. The first-order valence-corrected chi connectivity index (χ1v) is 7.08. The minimum absolute atomic E-state index is 0.0635. The SMILES string of the molecule is Cn1cnc(CCC(=O)NNCc2ccc3c(c2)OCO3)c1. The highest BCUT2D eigenvalue weighted by molar-refractivity contribution is 5.75. The van der Waals surface area contributed by atoms with Gasteiger partial charge in [-0.2, -0.15) is 0 Å². The lowest BCUT2D eigenvalue weighted by molar-refractivity contribution is -0.122. The van der Waals surface area contributed by atoms with Gasteiger partial charge < -0.3 is 14.0 Å². The van der Waals surface area contributed by atoms with E-state index in [2.05, 4.69) is 15.8 Å². The molecule has 1 aliphatic heterocycles. The normalized spacial score (nSPS) is 12.4. The quantitative estimate of drug-likeness (QED) is 0.775. The summed E-state index contributed by atoms with van der Waals surface area (Å²) in [6, 6.07) is 5.69. The van der Waals surface area contributed by atoms with Crippen LogP contribution < -0.4 is 20.3 Å². The molecule has 1 amide bonds. The first-order chi connectivity index (χ1) is 10.7. The van der Waals surface area contributed by atoms with Crippen molar-refractivity contribution in [2.75, 3.05) is 6.79 Å². The Kier molecular flexibility index (Phi) is 4.24. The number of imidazole rings is 1. The number of ether oxygens (including phenoxy) is 2. The first-order valence-electron chi connectivity index (χ1n) is 7.08. The summed E-state index contributed by atoms with van der Waals surface area (Å²) in [6.07, 6.45) is 4.65. The van der Waals surface area contributed by atoms with Gasteiger partial charge in [0, 0.05) is 26.2 Å². The van der Waals surface area contributed by atoms with Crippen LogP contribution in [0.25, 0.3) is 0 Å². The fourth-order valence-electron chi connectivity index (χ4n) is 2.20. The van der Waals surface area contributed by atoms with Crippen molar-refractivity contribution in [3.05, 3.63) is 42.0 Å². The predicted molar refractivity (Wildman–Crippen MR) is 79.1 cm³/mol. The molecule has 0 atom stereocenters. The van der Waals surface area contributed by atoms with Crippen LogP contribution in [0.2, 0.25) is 0 Å². The van der Waals surface area contributed by atoms with Crippen LogP contribution in [0.4, 0.5) is 0 Å². The molecule has 0 bridgehead atoms. The van der Waals surface area contributed by atoms with Crippen molar-refractivity contribution in [3.63, 3.8) is 0 Å². The van der Waals surface area contributed by atoms with Crippen LogP contribution in [0.5, 0.6) is 11.5 Å². The molecular formula is C15H18N4O3. The van der Waals surface area contributed by atoms with Crippen LogP contribution in [0, 0.1) is 0 Å². The molecule has 0 saturated heterocycles. The minimum atomic E-state index is -0.0635. The van der Waals surface area contributed by atoms with Crippen molar-refractivity contribution < 1.29 is 14.3 Å². The molecule has 0 aliphatic carbocycles. The second kappa shape index (κ2) is 6.48. The molecule has 1 aromatic heterocycles. The van der Waals surface area contributed by atoms with Gasteiger partial charge in [0.1, 0.15) is 0 Å². The maximum absolute atomic E-state index is 11.7. The highest BCUT2D eigenvalue weighted by Crippen LogP contribution is 2.32. The van der Waals surface area contributed by atoms with E-state index in [9.17, 15) is 4.79 Å². The third-order valence-corrected chi connectivity index (χ3v) is 3.32. The van der Waals surface area contributed by atoms with Crippen LogP contribution in [0.3, 0.4) is 0 Å². The van der Waals surface area contributed by atoms with E-state index in [-0.39, 0.29) is 12.7 Å². The van der Waals surface area contributed by atoms with Crippen molar-refractivity contribution >= 4 is 5.91 Å². The Morgan fingerprint density at radius 1 is 1.36 bits per heavy atom. The van der Waals surface area contributed by atoms with Gasteiger partial charge in [0.05, 0.1) is 12.0 Å².